The molecule has 0 fully saturated rings. The molecule has 4 heterocycles. The SMILES string of the molecule is Cc1cn(C)c(=O)c(NC(=O)NC(CC(=O)[O-])c2cccc(Cc3ccccc3Cl)c2)c1[O-].Cc1cn(C)c(=O)c(NC(=O)NC(CC(=O)[O-])c2cccc(Oc3ccccc3)c2)c1[O-].Cc1cn(C)c(=O)c(NC(=O)N[C@@H](CC(=O)[O-])c2cccc(Cc3ccccc3)c2)c1[O-].Cc1cn(C)c(=O)c(NC(=O)N[C@@H](CC(=O)[O-])c2cccc(Oc3ccccc3)c2)c1[O-].[Na+].[Na+].[Na+].[Na+].[Na+].[Na+].[Na+].[Na+]. The summed E-state index contributed by atoms with van der Waals surface area (Å²) in [6.45, 7) is 6.08. The van der Waals surface area contributed by atoms with Crippen LogP contribution in [0.3, 0.4) is 0 Å². The van der Waals surface area contributed by atoms with Crippen LogP contribution in [-0.4, -0.2) is 66.3 Å². The summed E-state index contributed by atoms with van der Waals surface area (Å²) < 4.78 is 16.2. The third kappa shape index (κ3) is 39.2. The number of para-hydroxylation sites is 2. The molecule has 4 aromatic heterocycles. The van der Waals surface area contributed by atoms with Gasteiger partial charge in [0.25, 0.3) is 22.2 Å². The van der Waals surface area contributed by atoms with Gasteiger partial charge in [-0.1, -0.05) is 192 Å². The smallest absolute Gasteiger partial charge is 0.871 e. The van der Waals surface area contributed by atoms with Crippen molar-refractivity contribution in [3.05, 3.63) is 350 Å². The molecule has 2 unspecified atom stereocenters. The van der Waals surface area contributed by atoms with Crippen molar-refractivity contribution >= 4 is 82.4 Å². The number of rotatable bonds is 28. The molecule has 670 valence electrons. The summed E-state index contributed by atoms with van der Waals surface area (Å²) in [6.07, 6.45) is 4.60. The minimum Gasteiger partial charge on any atom is -0.871 e. The van der Waals surface area contributed by atoms with E-state index in [9.17, 15) is 98.4 Å². The molecule has 34 nitrogen and oxygen atoms in total. The van der Waals surface area contributed by atoms with Gasteiger partial charge in [0.05, 0.1) is 24.2 Å². The van der Waals surface area contributed by atoms with Crippen molar-refractivity contribution in [2.24, 2.45) is 28.2 Å². The average molecular weight is 1960 g/mol. The molecule has 0 bridgehead atoms. The Labute approximate surface area is 970 Å². The van der Waals surface area contributed by atoms with Crippen LogP contribution in [0.1, 0.15) is 117 Å². The molecular formula is C94H87ClN12Na8O22. The second-order valence-corrected chi connectivity index (χ2v) is 29.9. The number of hydrogen-bond acceptors (Lipinski definition) is 22. The number of pyridine rings is 4. The Kier molecular flexibility index (Phi) is 57.3. The monoisotopic (exact) mass is 1950 g/mol. The largest absolute Gasteiger partial charge is 1.00 e. The normalized spacial score (nSPS) is 10.8. The minimum absolute atomic E-state index is 0. The summed E-state index contributed by atoms with van der Waals surface area (Å²) in [6, 6.07) is 55.1. The van der Waals surface area contributed by atoms with Crippen molar-refractivity contribution in [1.82, 2.24) is 39.5 Å². The third-order valence-electron chi connectivity index (χ3n) is 19.5. The van der Waals surface area contributed by atoms with E-state index < -0.39 is 166 Å². The van der Waals surface area contributed by atoms with E-state index in [0.29, 0.717) is 68.7 Å². The molecule has 0 saturated heterocycles. The van der Waals surface area contributed by atoms with Crippen molar-refractivity contribution in [3.8, 4) is 46.0 Å². The number of benzene rings is 8. The zero-order valence-corrected chi connectivity index (χ0v) is 95.5. The Morgan fingerprint density at radius 2 is 0.540 bits per heavy atom. The maximum Gasteiger partial charge on any atom is 1.00 e. The molecule has 12 aromatic rings. The Morgan fingerprint density at radius 3 is 0.818 bits per heavy atom. The van der Waals surface area contributed by atoms with E-state index in [0.717, 1.165) is 22.3 Å². The molecule has 0 spiro atoms. The number of carbonyl (C=O) groups excluding carboxylic acids is 8. The van der Waals surface area contributed by atoms with E-state index in [1.165, 1.54) is 98.9 Å². The number of amides is 8. The molecule has 0 aliphatic heterocycles. The number of ether oxygens (including phenoxy) is 2. The van der Waals surface area contributed by atoms with Gasteiger partial charge < -0.3 is 130 Å². The number of carbonyl (C=O) groups is 8. The first-order valence-corrected chi connectivity index (χ1v) is 40.0. The van der Waals surface area contributed by atoms with Crippen LogP contribution in [0.15, 0.2) is 256 Å². The number of hydrogen-bond donors (Lipinski definition) is 8. The summed E-state index contributed by atoms with van der Waals surface area (Å²) in [7, 11) is 5.83. The average Bonchev–Trinajstić information content (AvgIpc) is 0.820. The number of nitrogens with zero attached hydrogens (tertiary/aromatic N) is 4. The molecule has 0 aliphatic carbocycles. The van der Waals surface area contributed by atoms with Gasteiger partial charge in [-0.15, -0.1) is 0 Å². The van der Waals surface area contributed by atoms with E-state index in [-0.39, 0.29) is 253 Å². The fraction of sp³-hybridized carbons (Fsp3) is 0.191. The number of urea groups is 4. The van der Waals surface area contributed by atoms with E-state index >= 15 is 0 Å². The van der Waals surface area contributed by atoms with Gasteiger partial charge >= 0.3 is 261 Å². The van der Waals surface area contributed by atoms with Crippen LogP contribution in [0.25, 0.3) is 0 Å². The Balaban J connectivity index is 0.000000896. The number of nitrogens with one attached hydrogen (secondary N) is 8. The van der Waals surface area contributed by atoms with Crippen molar-refractivity contribution < 1.29 is 325 Å². The van der Waals surface area contributed by atoms with Gasteiger partial charge in [-0.3, -0.25) is 19.2 Å². The molecule has 43 heteroatoms. The number of halogens is 1. The van der Waals surface area contributed by atoms with E-state index in [2.05, 4.69) is 42.5 Å². The van der Waals surface area contributed by atoms with Crippen LogP contribution in [0.5, 0.6) is 46.0 Å². The van der Waals surface area contributed by atoms with Crippen molar-refractivity contribution in [2.45, 2.75) is 90.4 Å². The van der Waals surface area contributed by atoms with Gasteiger partial charge in [0, 0.05) is 108 Å². The second-order valence-electron chi connectivity index (χ2n) is 29.5. The van der Waals surface area contributed by atoms with Gasteiger partial charge in [0.15, 0.2) is 0 Å². The Hall–Kier alpha value is -8.39. The molecule has 12 rings (SSSR count). The van der Waals surface area contributed by atoms with Crippen LogP contribution in [0.4, 0.5) is 41.9 Å². The van der Waals surface area contributed by atoms with Crippen LogP contribution < -0.4 is 352 Å². The van der Waals surface area contributed by atoms with E-state index in [1.54, 1.807) is 109 Å². The van der Waals surface area contributed by atoms with Crippen LogP contribution >= 0.6 is 11.6 Å². The minimum atomic E-state index is -1.39. The van der Waals surface area contributed by atoms with Gasteiger partial charge in [-0.2, -0.15) is 0 Å². The summed E-state index contributed by atoms with van der Waals surface area (Å²) >= 11 is 6.23. The van der Waals surface area contributed by atoms with Gasteiger partial charge in [-0.05, 0) is 162 Å². The van der Waals surface area contributed by atoms with Crippen LogP contribution in [0.2, 0.25) is 5.02 Å². The third-order valence-corrected chi connectivity index (χ3v) is 19.8. The molecule has 137 heavy (non-hydrogen) atoms. The molecular weight excluding hydrogens is 1870 g/mol. The molecule has 8 amide bonds. The van der Waals surface area contributed by atoms with Crippen molar-refractivity contribution in [3.63, 3.8) is 0 Å². The zero-order valence-electron chi connectivity index (χ0n) is 78.7. The van der Waals surface area contributed by atoms with Gasteiger partial charge in [0.2, 0.25) is 0 Å². The molecule has 0 radical (unpaired) electrons. The van der Waals surface area contributed by atoms with Crippen molar-refractivity contribution in [1.29, 1.82) is 0 Å². The van der Waals surface area contributed by atoms with Crippen molar-refractivity contribution in [2.75, 3.05) is 21.3 Å². The summed E-state index contributed by atoms with van der Waals surface area (Å²) in [4.78, 5) is 144. The number of aromatic nitrogens is 4. The van der Waals surface area contributed by atoms with Gasteiger partial charge in [-0.25, -0.2) is 19.2 Å². The Bertz CT molecular complexity index is 5940. The fourth-order valence-corrected chi connectivity index (χ4v) is 13.4. The topological polar surface area (TPSA) is 524 Å². The molecule has 0 aliphatic rings. The Morgan fingerprint density at radius 1 is 0.307 bits per heavy atom. The standard InChI is InChI=1S/C24H24ClN3O5.C24H25N3O5.2C23H23N3O6.8Na/c1-14-13-28(2)23(32)21(22(14)31)27-24(33)26-19(12-20(29)30)17-8-5-6-15(11-17)10-16-7-3-4-9-18(16)25;1-15-14-27(2)23(31)21(22(15)30)26-24(32)25-19(13-20(28)29)18-10-6-9-17(12-18)11-16-7-4-3-5-8-16;2*1-14-13-26(2)22(30)20(21(14)29)25-23(31)24-18(12-19(27)28)15-7-6-10-17(11-15)32-16-8-4-3-5-9-16;;;;;;;;/h3-9,11,13,19,31H,10,12H2,1-2H3,(H,29,30)(H2,26,27,33);3-10,12,14,19,30H,11,13H2,1-2H3,(H,28,29)(H2,25,26,32);2*3-11,13,18,29H,12H2,1-2H3,(H,27,28)(H2,24,25,31);;;;;;;;/q;;;;8*+1/p-8/t;19-;18-;;;;;;;;;/m.00........./s1. The summed E-state index contributed by atoms with van der Waals surface area (Å²) in [5.74, 6) is -5.86. The van der Waals surface area contributed by atoms with Crippen LogP contribution in [-0.2, 0) is 60.2 Å². The quantitative estimate of drug-likeness (QED) is 0.0211. The van der Waals surface area contributed by atoms with E-state index in [1.807, 2.05) is 103 Å². The zero-order chi connectivity index (χ0) is 93.9. The maximum atomic E-state index is 12.6. The fourth-order valence-electron chi connectivity index (χ4n) is 13.2. The number of anilines is 4. The number of carboxylic acid groups (broad SMARTS) is 4. The predicted molar refractivity (Wildman–Crippen MR) is 464 cm³/mol. The first-order chi connectivity index (χ1) is 61.4. The number of aryl methyl sites for hydroxylation is 8. The molecule has 4 atom stereocenters. The maximum absolute atomic E-state index is 12.6. The first-order valence-electron chi connectivity index (χ1n) is 39.6. The number of carboxylic acids is 4. The predicted octanol–water partition coefficient (Wildman–Crippen LogP) is -17.5. The molecule has 8 N–H and O–H groups in total. The number of aliphatic carboxylic acids is 4. The summed E-state index contributed by atoms with van der Waals surface area (Å²) in [5.41, 5.74) is 2.58. The second kappa shape index (κ2) is 62.0. The van der Waals surface area contributed by atoms with Gasteiger partial charge in [0.1, 0.15) is 45.7 Å². The first kappa shape index (κ1) is 127. The molecule has 8 aromatic carbocycles. The van der Waals surface area contributed by atoms with Crippen LogP contribution in [0, 0.1) is 27.7 Å². The molecule has 0 saturated carbocycles. The van der Waals surface area contributed by atoms with E-state index in [4.69, 9.17) is 21.1 Å². The summed E-state index contributed by atoms with van der Waals surface area (Å²) in [5, 5.41) is 114.